The fourth-order valence-corrected chi connectivity index (χ4v) is 2.02. The van der Waals surface area contributed by atoms with Gasteiger partial charge >= 0.3 is 5.69 Å². The van der Waals surface area contributed by atoms with Gasteiger partial charge in [0.2, 0.25) is 0 Å². The summed E-state index contributed by atoms with van der Waals surface area (Å²) in [5.74, 6) is 0.398. The van der Waals surface area contributed by atoms with E-state index >= 15 is 0 Å². The van der Waals surface area contributed by atoms with Crippen LogP contribution in [0.1, 0.15) is 24.8 Å². The zero-order chi connectivity index (χ0) is 12.3. The highest BCUT2D eigenvalue weighted by molar-refractivity contribution is 5.21. The number of aromatic amines is 1. The summed E-state index contributed by atoms with van der Waals surface area (Å²) in [5, 5.41) is 8.74. The van der Waals surface area contributed by atoms with Gasteiger partial charge < -0.3 is 0 Å². The van der Waals surface area contributed by atoms with Crippen LogP contribution in [0.4, 0.5) is 0 Å². The van der Waals surface area contributed by atoms with E-state index in [2.05, 4.69) is 17.1 Å². The minimum Gasteiger partial charge on any atom is -0.299 e. The van der Waals surface area contributed by atoms with Crippen molar-refractivity contribution in [3.05, 3.63) is 44.8 Å². The van der Waals surface area contributed by atoms with Crippen LogP contribution in [0, 0.1) is 17.2 Å². The molecule has 1 aliphatic rings. The fourth-order valence-electron chi connectivity index (χ4n) is 2.02. The van der Waals surface area contributed by atoms with Gasteiger partial charge in [0.15, 0.2) is 0 Å². The Balaban J connectivity index is 2.27. The van der Waals surface area contributed by atoms with E-state index in [1.165, 1.54) is 10.8 Å². The summed E-state index contributed by atoms with van der Waals surface area (Å²) in [6.45, 7) is 0.550. The zero-order valence-corrected chi connectivity index (χ0v) is 9.35. The Hall–Kier alpha value is -2.09. The summed E-state index contributed by atoms with van der Waals surface area (Å²) in [6.07, 6.45) is 8.58. The Kier molecular flexibility index (Phi) is 3.24. The first-order valence-electron chi connectivity index (χ1n) is 5.59. The van der Waals surface area contributed by atoms with E-state index in [9.17, 15) is 9.59 Å². The van der Waals surface area contributed by atoms with E-state index in [1.54, 1.807) is 6.07 Å². The second-order valence-electron chi connectivity index (χ2n) is 4.22. The SMILES string of the molecule is N#Cc1cn(CC2CC=CCC2)c(=O)[nH]c1=O. The lowest BCUT2D eigenvalue weighted by molar-refractivity contribution is 0.400. The third-order valence-electron chi connectivity index (χ3n) is 2.96. The first-order chi connectivity index (χ1) is 8.20. The lowest BCUT2D eigenvalue weighted by Gasteiger charge is -2.18. The Morgan fingerprint density at radius 1 is 1.47 bits per heavy atom. The van der Waals surface area contributed by atoms with Crippen molar-refractivity contribution in [2.75, 3.05) is 0 Å². The zero-order valence-electron chi connectivity index (χ0n) is 9.35. The van der Waals surface area contributed by atoms with Gasteiger partial charge in [-0.2, -0.15) is 5.26 Å². The molecule has 0 saturated heterocycles. The average Bonchev–Trinajstić information content (AvgIpc) is 2.34. The van der Waals surface area contributed by atoms with Crippen LogP contribution in [0.25, 0.3) is 0 Å². The van der Waals surface area contributed by atoms with Gasteiger partial charge in [-0.15, -0.1) is 0 Å². The number of nitriles is 1. The molecule has 1 aromatic rings. The van der Waals surface area contributed by atoms with Crippen molar-refractivity contribution in [2.45, 2.75) is 25.8 Å². The van der Waals surface area contributed by atoms with Gasteiger partial charge in [-0.3, -0.25) is 14.3 Å². The minimum atomic E-state index is -0.614. The summed E-state index contributed by atoms with van der Waals surface area (Å²) < 4.78 is 1.42. The molecular formula is C12H13N3O2. The minimum absolute atomic E-state index is 0.0176. The van der Waals surface area contributed by atoms with Crippen LogP contribution in [0.3, 0.4) is 0 Å². The number of H-pyrrole nitrogens is 1. The number of rotatable bonds is 2. The van der Waals surface area contributed by atoms with Crippen molar-refractivity contribution in [3.8, 4) is 6.07 Å². The average molecular weight is 231 g/mol. The molecular weight excluding hydrogens is 218 g/mol. The third-order valence-corrected chi connectivity index (χ3v) is 2.96. The van der Waals surface area contributed by atoms with Gasteiger partial charge in [-0.05, 0) is 25.2 Å². The standard InChI is InChI=1S/C12H13N3O2/c13-6-10-8-15(12(17)14-11(10)16)7-9-4-2-1-3-5-9/h1-2,8-9H,3-5,7H2,(H,14,16,17). The Morgan fingerprint density at radius 2 is 2.29 bits per heavy atom. The molecule has 1 N–H and O–H groups in total. The summed E-state index contributed by atoms with van der Waals surface area (Å²) >= 11 is 0. The van der Waals surface area contributed by atoms with Crippen LogP contribution < -0.4 is 11.2 Å². The number of nitrogens with zero attached hydrogens (tertiary/aromatic N) is 2. The van der Waals surface area contributed by atoms with E-state index in [1.807, 2.05) is 0 Å². The molecule has 0 fully saturated rings. The molecule has 5 heteroatoms. The Morgan fingerprint density at radius 3 is 2.94 bits per heavy atom. The van der Waals surface area contributed by atoms with Crippen LogP contribution in [-0.4, -0.2) is 9.55 Å². The fraction of sp³-hybridized carbons (Fsp3) is 0.417. The molecule has 0 aliphatic heterocycles. The number of aromatic nitrogens is 2. The second-order valence-corrected chi connectivity index (χ2v) is 4.22. The predicted octanol–water partition coefficient (Wildman–Crippen LogP) is 0.765. The molecule has 0 spiro atoms. The molecule has 17 heavy (non-hydrogen) atoms. The summed E-state index contributed by atoms with van der Waals surface area (Å²) in [4.78, 5) is 24.9. The van der Waals surface area contributed by atoms with Gasteiger partial charge in [-0.1, -0.05) is 12.2 Å². The monoisotopic (exact) mass is 231 g/mol. The van der Waals surface area contributed by atoms with Crippen molar-refractivity contribution in [1.29, 1.82) is 5.26 Å². The Labute approximate surface area is 98.0 Å². The van der Waals surface area contributed by atoms with Crippen molar-refractivity contribution >= 4 is 0 Å². The third kappa shape index (κ3) is 2.53. The molecule has 1 heterocycles. The molecule has 1 aliphatic carbocycles. The topological polar surface area (TPSA) is 78.7 Å². The van der Waals surface area contributed by atoms with E-state index < -0.39 is 11.2 Å². The van der Waals surface area contributed by atoms with E-state index in [4.69, 9.17) is 5.26 Å². The molecule has 1 atom stereocenters. The summed E-state index contributed by atoms with van der Waals surface area (Å²) in [7, 11) is 0. The molecule has 2 rings (SSSR count). The number of hydrogen-bond donors (Lipinski definition) is 1. The van der Waals surface area contributed by atoms with Crippen molar-refractivity contribution in [3.63, 3.8) is 0 Å². The lowest BCUT2D eigenvalue weighted by atomic mass is 9.94. The van der Waals surface area contributed by atoms with E-state index in [-0.39, 0.29) is 5.56 Å². The molecule has 0 amide bonds. The van der Waals surface area contributed by atoms with Crippen LogP contribution in [0.2, 0.25) is 0 Å². The molecule has 1 unspecified atom stereocenters. The van der Waals surface area contributed by atoms with Gasteiger partial charge in [0.1, 0.15) is 11.6 Å². The van der Waals surface area contributed by atoms with Gasteiger partial charge in [-0.25, -0.2) is 4.79 Å². The van der Waals surface area contributed by atoms with Crippen LogP contribution in [-0.2, 0) is 6.54 Å². The highest BCUT2D eigenvalue weighted by Gasteiger charge is 2.12. The van der Waals surface area contributed by atoms with Gasteiger partial charge in [0.05, 0.1) is 0 Å². The summed E-state index contributed by atoms with van der Waals surface area (Å²) in [5.41, 5.74) is -1.07. The van der Waals surface area contributed by atoms with E-state index in [0.717, 1.165) is 19.3 Å². The predicted molar refractivity (Wildman–Crippen MR) is 62.5 cm³/mol. The maximum Gasteiger partial charge on any atom is 0.328 e. The first kappa shape index (κ1) is 11.4. The molecule has 0 bridgehead atoms. The normalized spacial score (nSPS) is 18.9. The number of nitrogens with one attached hydrogen (secondary N) is 1. The van der Waals surface area contributed by atoms with E-state index in [0.29, 0.717) is 12.5 Å². The first-order valence-corrected chi connectivity index (χ1v) is 5.59. The van der Waals surface area contributed by atoms with Crippen molar-refractivity contribution in [2.24, 2.45) is 5.92 Å². The maximum absolute atomic E-state index is 11.6. The number of allylic oxidation sites excluding steroid dienone is 2. The second kappa shape index (κ2) is 4.83. The molecule has 5 nitrogen and oxygen atoms in total. The van der Waals surface area contributed by atoms with Crippen LogP contribution >= 0.6 is 0 Å². The smallest absolute Gasteiger partial charge is 0.299 e. The Bertz CT molecular complexity index is 589. The van der Waals surface area contributed by atoms with Gasteiger partial charge in [0, 0.05) is 12.7 Å². The highest BCUT2D eigenvalue weighted by Crippen LogP contribution is 2.19. The van der Waals surface area contributed by atoms with Crippen LogP contribution in [0.15, 0.2) is 27.9 Å². The number of hydrogen-bond acceptors (Lipinski definition) is 3. The highest BCUT2D eigenvalue weighted by atomic mass is 16.2. The van der Waals surface area contributed by atoms with Crippen LogP contribution in [0.5, 0.6) is 0 Å². The quantitative estimate of drug-likeness (QED) is 0.763. The maximum atomic E-state index is 11.6. The van der Waals surface area contributed by atoms with Crippen molar-refractivity contribution in [1.82, 2.24) is 9.55 Å². The molecule has 0 saturated carbocycles. The van der Waals surface area contributed by atoms with Crippen molar-refractivity contribution < 1.29 is 0 Å². The molecule has 0 aromatic carbocycles. The lowest BCUT2D eigenvalue weighted by Crippen LogP contribution is -2.32. The largest absolute Gasteiger partial charge is 0.328 e. The molecule has 88 valence electrons. The molecule has 0 radical (unpaired) electrons. The van der Waals surface area contributed by atoms with Gasteiger partial charge in [0.25, 0.3) is 5.56 Å². The molecule has 1 aromatic heterocycles. The summed E-state index contributed by atoms with van der Waals surface area (Å²) in [6, 6.07) is 1.78.